The average Bonchev–Trinajstić information content (AvgIpc) is 2.39. The zero-order valence-corrected chi connectivity index (χ0v) is 12.3. The monoisotopic (exact) mass is 265 g/mol. The number of unbranched alkanes of at least 4 members (excludes halogenated alkanes) is 1. The lowest BCUT2D eigenvalue weighted by molar-refractivity contribution is 0.594. The van der Waals surface area contributed by atoms with Crippen molar-refractivity contribution in [1.29, 1.82) is 0 Å². The SMILES string of the molecule is CCCCN(c1cccnc1C(N)=S)C(C)CC. The highest BCUT2D eigenvalue weighted by Crippen LogP contribution is 2.22. The van der Waals surface area contributed by atoms with Gasteiger partial charge in [0.25, 0.3) is 0 Å². The molecule has 1 rings (SSSR count). The number of hydrogen-bond donors (Lipinski definition) is 1. The number of nitrogens with two attached hydrogens (primary N) is 1. The molecule has 0 radical (unpaired) electrons. The molecule has 100 valence electrons. The molecule has 0 aromatic carbocycles. The molecule has 0 saturated heterocycles. The Hall–Kier alpha value is -1.16. The van der Waals surface area contributed by atoms with Crippen molar-refractivity contribution in [2.45, 2.75) is 46.1 Å². The highest BCUT2D eigenvalue weighted by Gasteiger charge is 2.17. The first-order valence-electron chi connectivity index (χ1n) is 6.63. The fourth-order valence-corrected chi connectivity index (χ4v) is 2.10. The molecule has 1 atom stereocenters. The third-order valence-corrected chi connectivity index (χ3v) is 3.40. The zero-order chi connectivity index (χ0) is 13.5. The number of aromatic nitrogens is 1. The van der Waals surface area contributed by atoms with E-state index in [1.807, 2.05) is 6.07 Å². The van der Waals surface area contributed by atoms with E-state index in [1.165, 1.54) is 6.42 Å². The van der Waals surface area contributed by atoms with Gasteiger partial charge in [-0.1, -0.05) is 32.5 Å². The highest BCUT2D eigenvalue weighted by atomic mass is 32.1. The van der Waals surface area contributed by atoms with Crippen LogP contribution in [0.4, 0.5) is 5.69 Å². The van der Waals surface area contributed by atoms with E-state index in [-0.39, 0.29) is 0 Å². The molecule has 1 heterocycles. The van der Waals surface area contributed by atoms with Crippen LogP contribution in [0.2, 0.25) is 0 Å². The van der Waals surface area contributed by atoms with Crippen molar-refractivity contribution in [3.63, 3.8) is 0 Å². The first-order chi connectivity index (χ1) is 8.61. The minimum Gasteiger partial charge on any atom is -0.388 e. The van der Waals surface area contributed by atoms with Crippen LogP contribution in [0.25, 0.3) is 0 Å². The Balaban J connectivity index is 3.07. The van der Waals surface area contributed by atoms with Crippen LogP contribution < -0.4 is 10.6 Å². The molecule has 2 N–H and O–H groups in total. The Labute approximate surface area is 115 Å². The maximum atomic E-state index is 5.76. The number of nitrogens with zero attached hydrogens (tertiary/aromatic N) is 2. The average molecular weight is 265 g/mol. The van der Waals surface area contributed by atoms with Gasteiger partial charge in [-0.15, -0.1) is 0 Å². The molecular weight excluding hydrogens is 242 g/mol. The van der Waals surface area contributed by atoms with Gasteiger partial charge in [0.1, 0.15) is 10.7 Å². The number of rotatable bonds is 7. The Kier molecular flexibility index (Phi) is 6.05. The summed E-state index contributed by atoms with van der Waals surface area (Å²) in [7, 11) is 0. The van der Waals surface area contributed by atoms with Gasteiger partial charge >= 0.3 is 0 Å². The summed E-state index contributed by atoms with van der Waals surface area (Å²) in [5.74, 6) is 0. The van der Waals surface area contributed by atoms with Gasteiger partial charge in [-0.2, -0.15) is 0 Å². The Morgan fingerprint density at radius 2 is 2.22 bits per heavy atom. The van der Waals surface area contributed by atoms with E-state index in [1.54, 1.807) is 6.20 Å². The molecule has 4 heteroatoms. The fourth-order valence-electron chi connectivity index (χ4n) is 1.95. The molecule has 1 aromatic rings. The van der Waals surface area contributed by atoms with Crippen LogP contribution in [-0.4, -0.2) is 22.6 Å². The van der Waals surface area contributed by atoms with Crippen LogP contribution in [0, 0.1) is 0 Å². The lowest BCUT2D eigenvalue weighted by atomic mass is 10.1. The standard InChI is InChI=1S/C14H23N3S/c1-4-6-10-17(11(3)5-2)12-8-7-9-16-13(12)14(15)18/h7-9,11H,4-6,10H2,1-3H3,(H2,15,18). The van der Waals surface area contributed by atoms with E-state index in [4.69, 9.17) is 18.0 Å². The number of thiocarbonyl (C=S) groups is 1. The first-order valence-corrected chi connectivity index (χ1v) is 7.04. The molecule has 1 aromatic heterocycles. The summed E-state index contributed by atoms with van der Waals surface area (Å²) in [6.07, 6.45) is 5.17. The Morgan fingerprint density at radius 3 is 2.78 bits per heavy atom. The number of hydrogen-bond acceptors (Lipinski definition) is 3. The lowest BCUT2D eigenvalue weighted by Crippen LogP contribution is -2.35. The molecule has 0 aliphatic rings. The van der Waals surface area contributed by atoms with Gasteiger partial charge in [0.15, 0.2) is 0 Å². The maximum absolute atomic E-state index is 5.76. The minimum absolute atomic E-state index is 0.371. The summed E-state index contributed by atoms with van der Waals surface area (Å²) < 4.78 is 0. The predicted octanol–water partition coefficient (Wildman–Crippen LogP) is 3.12. The summed E-state index contributed by atoms with van der Waals surface area (Å²) >= 11 is 5.09. The molecular formula is C14H23N3S. The zero-order valence-electron chi connectivity index (χ0n) is 11.5. The van der Waals surface area contributed by atoms with Gasteiger partial charge in [0.2, 0.25) is 0 Å². The van der Waals surface area contributed by atoms with Crippen molar-refractivity contribution in [3.05, 3.63) is 24.0 Å². The largest absolute Gasteiger partial charge is 0.388 e. The highest BCUT2D eigenvalue weighted by molar-refractivity contribution is 7.80. The van der Waals surface area contributed by atoms with Gasteiger partial charge in [-0.05, 0) is 31.9 Å². The van der Waals surface area contributed by atoms with Crippen LogP contribution in [-0.2, 0) is 0 Å². The summed E-state index contributed by atoms with van der Waals surface area (Å²) in [5, 5.41) is 0. The summed E-state index contributed by atoms with van der Waals surface area (Å²) in [6.45, 7) is 7.64. The van der Waals surface area contributed by atoms with Crippen LogP contribution in [0.1, 0.15) is 45.7 Å². The number of anilines is 1. The van der Waals surface area contributed by atoms with E-state index < -0.39 is 0 Å². The van der Waals surface area contributed by atoms with E-state index in [0.29, 0.717) is 11.0 Å². The molecule has 0 aliphatic carbocycles. The van der Waals surface area contributed by atoms with Gasteiger partial charge in [0.05, 0.1) is 5.69 Å². The van der Waals surface area contributed by atoms with Crippen LogP contribution >= 0.6 is 12.2 Å². The van der Waals surface area contributed by atoms with E-state index in [0.717, 1.165) is 30.8 Å². The van der Waals surface area contributed by atoms with Crippen molar-refractivity contribution in [1.82, 2.24) is 4.98 Å². The van der Waals surface area contributed by atoms with Crippen molar-refractivity contribution in [2.75, 3.05) is 11.4 Å². The second kappa shape index (κ2) is 7.31. The molecule has 0 fully saturated rings. The minimum atomic E-state index is 0.371. The lowest BCUT2D eigenvalue weighted by Gasteiger charge is -2.31. The molecule has 0 saturated carbocycles. The molecule has 0 aliphatic heterocycles. The Morgan fingerprint density at radius 1 is 1.50 bits per heavy atom. The molecule has 0 spiro atoms. The Bertz CT molecular complexity index is 392. The van der Waals surface area contributed by atoms with Gasteiger partial charge in [0, 0.05) is 18.8 Å². The van der Waals surface area contributed by atoms with Gasteiger partial charge in [-0.3, -0.25) is 4.98 Å². The quantitative estimate of drug-likeness (QED) is 0.769. The van der Waals surface area contributed by atoms with E-state index in [2.05, 4.69) is 36.7 Å². The number of pyridine rings is 1. The van der Waals surface area contributed by atoms with Gasteiger partial charge < -0.3 is 10.6 Å². The molecule has 18 heavy (non-hydrogen) atoms. The fraction of sp³-hybridized carbons (Fsp3) is 0.571. The topological polar surface area (TPSA) is 42.2 Å². The molecule has 3 nitrogen and oxygen atoms in total. The smallest absolute Gasteiger partial charge is 0.124 e. The third-order valence-electron chi connectivity index (χ3n) is 3.20. The predicted molar refractivity (Wildman–Crippen MR) is 82.1 cm³/mol. The van der Waals surface area contributed by atoms with E-state index in [9.17, 15) is 0 Å². The van der Waals surface area contributed by atoms with Crippen LogP contribution in [0.15, 0.2) is 18.3 Å². The third kappa shape index (κ3) is 3.67. The molecule has 1 unspecified atom stereocenters. The second-order valence-electron chi connectivity index (χ2n) is 4.54. The molecule has 0 bridgehead atoms. The molecule has 0 amide bonds. The maximum Gasteiger partial charge on any atom is 0.124 e. The normalized spacial score (nSPS) is 12.2. The van der Waals surface area contributed by atoms with Crippen LogP contribution in [0.5, 0.6) is 0 Å². The van der Waals surface area contributed by atoms with Crippen molar-refractivity contribution in [3.8, 4) is 0 Å². The van der Waals surface area contributed by atoms with Crippen LogP contribution in [0.3, 0.4) is 0 Å². The van der Waals surface area contributed by atoms with E-state index >= 15 is 0 Å². The summed E-state index contributed by atoms with van der Waals surface area (Å²) in [6, 6.07) is 4.47. The first kappa shape index (κ1) is 14.9. The van der Waals surface area contributed by atoms with Crippen molar-refractivity contribution < 1.29 is 0 Å². The second-order valence-corrected chi connectivity index (χ2v) is 4.98. The van der Waals surface area contributed by atoms with Crippen molar-refractivity contribution in [2.24, 2.45) is 5.73 Å². The van der Waals surface area contributed by atoms with Gasteiger partial charge in [-0.25, -0.2) is 0 Å². The van der Waals surface area contributed by atoms with Crippen molar-refractivity contribution >= 4 is 22.9 Å². The summed E-state index contributed by atoms with van der Waals surface area (Å²) in [4.78, 5) is 7.05. The summed E-state index contributed by atoms with van der Waals surface area (Å²) in [5.41, 5.74) is 7.57.